The first-order chi connectivity index (χ1) is 15.0. The molecule has 0 saturated heterocycles. The zero-order valence-electron chi connectivity index (χ0n) is 17.8. The highest BCUT2D eigenvalue weighted by molar-refractivity contribution is 8.16. The van der Waals surface area contributed by atoms with E-state index in [0.29, 0.717) is 54.0 Å². The summed E-state index contributed by atoms with van der Waals surface area (Å²) in [7, 11) is 0. The van der Waals surface area contributed by atoms with Crippen molar-refractivity contribution >= 4 is 28.4 Å². The largest absolute Gasteiger partial charge is 0.481 e. The van der Waals surface area contributed by atoms with Crippen LogP contribution in [0.2, 0.25) is 0 Å². The molecule has 0 fully saturated rings. The predicted octanol–water partition coefficient (Wildman–Crippen LogP) is 1.86. The van der Waals surface area contributed by atoms with Gasteiger partial charge in [-0.1, -0.05) is 24.4 Å². The Balaban J connectivity index is 2.08. The Bertz CT molecular complexity index is 906. The van der Waals surface area contributed by atoms with E-state index < -0.39 is 17.7 Å². The van der Waals surface area contributed by atoms with Crippen LogP contribution in [-0.2, 0) is 9.63 Å². The fourth-order valence-corrected chi connectivity index (χ4v) is 3.72. The van der Waals surface area contributed by atoms with Crippen LogP contribution in [0.25, 0.3) is 0 Å². The molecule has 1 aromatic rings. The number of ether oxygens (including phenoxy) is 1. The predicted molar refractivity (Wildman–Crippen MR) is 122 cm³/mol. The highest BCUT2D eigenvalue weighted by atomic mass is 32.2. The first kappa shape index (κ1) is 24.5. The fourth-order valence-electron chi connectivity index (χ4n) is 2.73. The van der Waals surface area contributed by atoms with Gasteiger partial charge in [-0.3, -0.25) is 9.79 Å². The molecule has 10 heteroatoms. The minimum Gasteiger partial charge on any atom is -0.481 e. The molecule has 0 aliphatic carbocycles. The average molecular weight is 449 g/mol. The molecule has 1 aromatic heterocycles. The highest BCUT2D eigenvalue weighted by Gasteiger charge is 2.29. The SMILES string of the molecule is C#CCOc1cc(C(CCC)NC(=O)C2CSC(/C(C)=N/OCCCN)=N2)oc(=O)c1. The third-order valence-electron chi connectivity index (χ3n) is 4.23. The smallest absolute Gasteiger partial charge is 0.339 e. The second-order valence-electron chi connectivity index (χ2n) is 6.77. The number of amides is 1. The van der Waals surface area contributed by atoms with Crippen molar-refractivity contribution in [2.45, 2.75) is 45.2 Å². The number of oxime groups is 1. The molecule has 2 atom stereocenters. The number of carbonyl (C=O) groups is 1. The molecule has 1 aliphatic heterocycles. The van der Waals surface area contributed by atoms with Gasteiger partial charge in [0, 0.05) is 11.8 Å². The molecule has 0 bridgehead atoms. The first-order valence-corrected chi connectivity index (χ1v) is 11.1. The van der Waals surface area contributed by atoms with Crippen LogP contribution >= 0.6 is 11.8 Å². The zero-order valence-corrected chi connectivity index (χ0v) is 18.6. The minimum absolute atomic E-state index is 0.0291. The molecule has 0 radical (unpaired) electrons. The maximum Gasteiger partial charge on any atom is 0.339 e. The standard InChI is InChI=1S/C21H28N4O5S/c1-4-7-16(18-11-15(28-9-5-2)12-19(26)30-18)23-20(27)17-13-31-21(24-17)14(3)25-29-10-6-8-22/h2,11-12,16-17H,4,6-10,13,22H2,1,3H3,(H,23,27)/b25-14+. The maximum atomic E-state index is 12.8. The van der Waals surface area contributed by atoms with Crippen LogP contribution in [0.5, 0.6) is 5.75 Å². The van der Waals surface area contributed by atoms with Crippen molar-refractivity contribution in [3.8, 4) is 18.1 Å². The van der Waals surface area contributed by atoms with E-state index in [0.717, 1.165) is 6.42 Å². The van der Waals surface area contributed by atoms with Crippen LogP contribution in [0.1, 0.15) is 44.9 Å². The second kappa shape index (κ2) is 12.8. The van der Waals surface area contributed by atoms with Crippen molar-refractivity contribution in [2.24, 2.45) is 15.9 Å². The van der Waals surface area contributed by atoms with Crippen LogP contribution in [0, 0.1) is 12.3 Å². The van der Waals surface area contributed by atoms with Crippen LogP contribution in [0.15, 0.2) is 31.5 Å². The van der Waals surface area contributed by atoms with E-state index in [9.17, 15) is 9.59 Å². The maximum absolute atomic E-state index is 12.8. The Hall–Kier alpha value is -2.77. The van der Waals surface area contributed by atoms with Crippen LogP contribution in [0.3, 0.4) is 0 Å². The van der Waals surface area contributed by atoms with E-state index in [1.54, 1.807) is 13.0 Å². The second-order valence-corrected chi connectivity index (χ2v) is 7.78. The molecule has 2 unspecified atom stereocenters. The average Bonchev–Trinajstić information content (AvgIpc) is 3.25. The van der Waals surface area contributed by atoms with Gasteiger partial charge in [-0.25, -0.2) is 4.79 Å². The van der Waals surface area contributed by atoms with Gasteiger partial charge in [-0.15, -0.1) is 18.2 Å². The molecule has 0 saturated carbocycles. The number of thioether (sulfide) groups is 1. The Morgan fingerprint density at radius 1 is 1.55 bits per heavy atom. The lowest BCUT2D eigenvalue weighted by molar-refractivity contribution is -0.122. The molecule has 0 aromatic carbocycles. The number of hydrogen-bond donors (Lipinski definition) is 2. The monoisotopic (exact) mass is 448 g/mol. The van der Waals surface area contributed by atoms with E-state index in [2.05, 4.69) is 21.4 Å². The van der Waals surface area contributed by atoms with E-state index in [-0.39, 0.29) is 12.5 Å². The summed E-state index contributed by atoms with van der Waals surface area (Å²) in [5.41, 5.74) is 5.47. The lowest BCUT2D eigenvalue weighted by Crippen LogP contribution is -2.37. The summed E-state index contributed by atoms with van der Waals surface area (Å²) in [4.78, 5) is 34.4. The van der Waals surface area contributed by atoms with Gasteiger partial charge in [-0.2, -0.15) is 0 Å². The Morgan fingerprint density at radius 3 is 3.06 bits per heavy atom. The number of nitrogens with zero attached hydrogens (tertiary/aromatic N) is 2. The van der Waals surface area contributed by atoms with Crippen molar-refractivity contribution in [1.82, 2.24) is 5.32 Å². The van der Waals surface area contributed by atoms with Crippen molar-refractivity contribution in [1.29, 1.82) is 0 Å². The lowest BCUT2D eigenvalue weighted by Gasteiger charge is -2.19. The molecule has 31 heavy (non-hydrogen) atoms. The summed E-state index contributed by atoms with van der Waals surface area (Å²) in [6, 6.07) is 1.74. The summed E-state index contributed by atoms with van der Waals surface area (Å²) in [5.74, 6) is 3.20. The number of nitrogens with one attached hydrogen (secondary N) is 1. The third kappa shape index (κ3) is 7.77. The van der Waals surface area contributed by atoms with E-state index in [4.69, 9.17) is 26.1 Å². The summed E-state index contributed by atoms with van der Waals surface area (Å²) < 4.78 is 10.6. The normalized spacial score (nSPS) is 16.9. The van der Waals surface area contributed by atoms with Gasteiger partial charge in [0.1, 0.15) is 41.5 Å². The third-order valence-corrected chi connectivity index (χ3v) is 5.38. The molecule has 2 heterocycles. The van der Waals surface area contributed by atoms with Gasteiger partial charge in [-0.05, 0) is 26.3 Å². The molecule has 1 aliphatic rings. The summed E-state index contributed by atoms with van der Waals surface area (Å²) in [6.07, 6.45) is 7.26. The van der Waals surface area contributed by atoms with Gasteiger partial charge in [0.2, 0.25) is 5.91 Å². The van der Waals surface area contributed by atoms with Crippen molar-refractivity contribution < 1.29 is 18.8 Å². The summed E-state index contributed by atoms with van der Waals surface area (Å²) >= 11 is 1.44. The molecule has 1 amide bonds. The quantitative estimate of drug-likeness (QED) is 0.216. The van der Waals surface area contributed by atoms with Gasteiger partial charge in [0.15, 0.2) is 0 Å². The van der Waals surface area contributed by atoms with Gasteiger partial charge in [0.05, 0.1) is 12.1 Å². The van der Waals surface area contributed by atoms with Crippen molar-refractivity contribution in [2.75, 3.05) is 25.5 Å². The summed E-state index contributed by atoms with van der Waals surface area (Å²) in [5, 5.41) is 7.62. The topological polar surface area (TPSA) is 129 Å². The van der Waals surface area contributed by atoms with Crippen LogP contribution in [0.4, 0.5) is 0 Å². The van der Waals surface area contributed by atoms with E-state index in [1.165, 1.54) is 17.8 Å². The van der Waals surface area contributed by atoms with Gasteiger partial charge < -0.3 is 25.0 Å². The minimum atomic E-state index is -0.571. The molecule has 0 spiro atoms. The van der Waals surface area contributed by atoms with Gasteiger partial charge >= 0.3 is 5.63 Å². The molecule has 3 N–H and O–H groups in total. The molecular formula is C21H28N4O5S. The first-order valence-electron chi connectivity index (χ1n) is 10.1. The number of terminal acetylenes is 1. The Labute approximate surface area is 185 Å². The number of rotatable bonds is 12. The molecule has 2 rings (SSSR count). The number of carbonyl (C=O) groups excluding carboxylic acids is 1. The fraction of sp³-hybridized carbons (Fsp3) is 0.524. The lowest BCUT2D eigenvalue weighted by atomic mass is 10.1. The van der Waals surface area contributed by atoms with Crippen LogP contribution in [-0.4, -0.2) is 48.2 Å². The number of aliphatic imine (C=N–C) groups is 1. The van der Waals surface area contributed by atoms with E-state index in [1.807, 2.05) is 6.92 Å². The number of nitrogens with two attached hydrogens (primary N) is 1. The molecule has 168 valence electrons. The molecule has 9 nitrogen and oxygen atoms in total. The Kier molecular flexibility index (Phi) is 10.1. The zero-order chi connectivity index (χ0) is 22.6. The number of hydrogen-bond acceptors (Lipinski definition) is 9. The van der Waals surface area contributed by atoms with Crippen molar-refractivity contribution in [3.63, 3.8) is 0 Å². The highest BCUT2D eigenvalue weighted by Crippen LogP contribution is 2.24. The van der Waals surface area contributed by atoms with E-state index >= 15 is 0 Å². The Morgan fingerprint density at radius 2 is 2.35 bits per heavy atom. The summed E-state index contributed by atoms with van der Waals surface area (Å²) in [6.45, 7) is 4.75. The van der Waals surface area contributed by atoms with Gasteiger partial charge in [0.25, 0.3) is 0 Å². The van der Waals surface area contributed by atoms with Crippen molar-refractivity contribution in [3.05, 3.63) is 28.3 Å². The molecular weight excluding hydrogens is 420 g/mol. The van der Waals surface area contributed by atoms with Crippen LogP contribution < -0.4 is 21.4 Å².